The van der Waals surface area contributed by atoms with E-state index in [1.54, 1.807) is 0 Å². The molecule has 0 saturated heterocycles. The van der Waals surface area contributed by atoms with Crippen molar-refractivity contribution in [3.63, 3.8) is 0 Å². The van der Waals surface area contributed by atoms with Gasteiger partial charge in [0, 0.05) is 17.5 Å². The van der Waals surface area contributed by atoms with Crippen molar-refractivity contribution in [3.8, 4) is 5.88 Å². The minimum atomic E-state index is -0.198. The number of aromatic nitrogens is 1. The first kappa shape index (κ1) is 7.88. The molecule has 0 unspecified atom stereocenters. The van der Waals surface area contributed by atoms with Gasteiger partial charge in [-0.15, -0.1) is 0 Å². The van der Waals surface area contributed by atoms with Crippen LogP contribution in [-0.4, -0.2) is 10.1 Å². The SMILES string of the molecule is C=C(N)c1cnc(O)c(Cl)c1. The van der Waals surface area contributed by atoms with Crippen molar-refractivity contribution in [1.29, 1.82) is 0 Å². The highest BCUT2D eigenvalue weighted by Crippen LogP contribution is 2.21. The highest BCUT2D eigenvalue weighted by Gasteiger charge is 2.01. The van der Waals surface area contributed by atoms with Crippen LogP contribution in [0, 0.1) is 0 Å². The van der Waals surface area contributed by atoms with E-state index in [1.165, 1.54) is 12.3 Å². The second-order valence-electron chi connectivity index (χ2n) is 2.05. The Hall–Kier alpha value is -1.22. The largest absolute Gasteiger partial charge is 0.492 e. The summed E-state index contributed by atoms with van der Waals surface area (Å²) in [6.45, 7) is 3.49. The van der Waals surface area contributed by atoms with Gasteiger partial charge in [-0.05, 0) is 6.07 Å². The fraction of sp³-hybridized carbons (Fsp3) is 0. The van der Waals surface area contributed by atoms with E-state index in [2.05, 4.69) is 11.6 Å². The minimum absolute atomic E-state index is 0.175. The monoisotopic (exact) mass is 170 g/mol. The van der Waals surface area contributed by atoms with Gasteiger partial charge in [-0.25, -0.2) is 4.98 Å². The van der Waals surface area contributed by atoms with Crippen LogP contribution in [0.2, 0.25) is 5.02 Å². The zero-order chi connectivity index (χ0) is 8.43. The number of nitrogens with two attached hydrogens (primary N) is 1. The number of aromatic hydroxyl groups is 1. The van der Waals surface area contributed by atoms with Crippen LogP contribution in [0.15, 0.2) is 18.8 Å². The quantitative estimate of drug-likeness (QED) is 0.669. The van der Waals surface area contributed by atoms with Crippen LogP contribution in [0.5, 0.6) is 5.88 Å². The summed E-state index contributed by atoms with van der Waals surface area (Å²) in [5.74, 6) is -0.198. The second-order valence-corrected chi connectivity index (χ2v) is 2.46. The molecule has 0 aliphatic rings. The first-order chi connectivity index (χ1) is 5.11. The lowest BCUT2D eigenvalue weighted by molar-refractivity contribution is 0.453. The van der Waals surface area contributed by atoms with Crippen molar-refractivity contribution in [3.05, 3.63) is 29.4 Å². The van der Waals surface area contributed by atoms with Crippen LogP contribution in [0.3, 0.4) is 0 Å². The summed E-state index contributed by atoms with van der Waals surface area (Å²) in [7, 11) is 0. The van der Waals surface area contributed by atoms with Gasteiger partial charge in [-0.2, -0.15) is 0 Å². The molecule has 3 nitrogen and oxygen atoms in total. The third-order valence-electron chi connectivity index (χ3n) is 1.19. The molecule has 0 bridgehead atoms. The number of halogens is 1. The molecule has 0 atom stereocenters. The standard InChI is InChI=1S/C7H7ClN2O/c1-4(9)5-2-6(8)7(11)10-3-5/h2-3H,1,9H2,(H,10,11). The molecule has 0 radical (unpaired) electrons. The van der Waals surface area contributed by atoms with Crippen molar-refractivity contribution in [2.24, 2.45) is 5.73 Å². The Bertz CT molecular complexity index is 298. The van der Waals surface area contributed by atoms with Crippen LogP contribution < -0.4 is 5.73 Å². The first-order valence-electron chi connectivity index (χ1n) is 2.90. The molecule has 0 fully saturated rings. The molecule has 0 aliphatic heterocycles. The van der Waals surface area contributed by atoms with E-state index in [4.69, 9.17) is 22.4 Å². The molecule has 1 aromatic heterocycles. The molecule has 0 amide bonds. The van der Waals surface area contributed by atoms with Gasteiger partial charge in [0.05, 0.1) is 0 Å². The first-order valence-corrected chi connectivity index (χ1v) is 3.28. The fourth-order valence-electron chi connectivity index (χ4n) is 0.606. The van der Waals surface area contributed by atoms with Crippen molar-refractivity contribution in [2.75, 3.05) is 0 Å². The van der Waals surface area contributed by atoms with Gasteiger partial charge in [0.1, 0.15) is 5.02 Å². The minimum Gasteiger partial charge on any atom is -0.492 e. The van der Waals surface area contributed by atoms with Crippen molar-refractivity contribution < 1.29 is 5.11 Å². The predicted octanol–water partition coefficient (Wildman–Crippen LogP) is 1.37. The summed E-state index contributed by atoms with van der Waals surface area (Å²) in [6.07, 6.45) is 1.41. The molecule has 58 valence electrons. The Morgan fingerprint density at radius 2 is 2.36 bits per heavy atom. The Morgan fingerprint density at radius 1 is 1.73 bits per heavy atom. The average molecular weight is 171 g/mol. The second kappa shape index (κ2) is 2.80. The number of nitrogens with zero attached hydrogens (tertiary/aromatic N) is 1. The van der Waals surface area contributed by atoms with Gasteiger partial charge in [-0.1, -0.05) is 18.2 Å². The molecule has 0 spiro atoms. The third-order valence-corrected chi connectivity index (χ3v) is 1.47. The average Bonchev–Trinajstić information content (AvgIpc) is 1.94. The highest BCUT2D eigenvalue weighted by molar-refractivity contribution is 6.31. The molecule has 0 aromatic carbocycles. The molecule has 1 heterocycles. The van der Waals surface area contributed by atoms with E-state index < -0.39 is 0 Å². The maximum absolute atomic E-state index is 8.91. The number of pyridine rings is 1. The lowest BCUT2D eigenvalue weighted by Crippen LogP contribution is -1.94. The Morgan fingerprint density at radius 3 is 2.82 bits per heavy atom. The lowest BCUT2D eigenvalue weighted by Gasteiger charge is -1.99. The van der Waals surface area contributed by atoms with Crippen LogP contribution in [-0.2, 0) is 0 Å². The third kappa shape index (κ3) is 1.62. The van der Waals surface area contributed by atoms with Gasteiger partial charge in [0.2, 0.25) is 5.88 Å². The zero-order valence-electron chi connectivity index (χ0n) is 5.71. The van der Waals surface area contributed by atoms with Gasteiger partial charge in [0.25, 0.3) is 0 Å². The Labute approximate surface area is 69.1 Å². The van der Waals surface area contributed by atoms with Crippen LogP contribution in [0.1, 0.15) is 5.56 Å². The fourth-order valence-corrected chi connectivity index (χ4v) is 0.773. The maximum atomic E-state index is 8.91. The van der Waals surface area contributed by atoms with E-state index in [0.717, 1.165) is 0 Å². The summed E-state index contributed by atoms with van der Waals surface area (Å²) in [4.78, 5) is 3.58. The van der Waals surface area contributed by atoms with Gasteiger partial charge >= 0.3 is 0 Å². The van der Waals surface area contributed by atoms with E-state index in [9.17, 15) is 0 Å². The van der Waals surface area contributed by atoms with Crippen LogP contribution in [0.4, 0.5) is 0 Å². The van der Waals surface area contributed by atoms with E-state index in [0.29, 0.717) is 11.3 Å². The Balaban J connectivity index is 3.15. The molecule has 0 saturated carbocycles. The summed E-state index contributed by atoms with van der Waals surface area (Å²) >= 11 is 5.55. The van der Waals surface area contributed by atoms with Crippen molar-refractivity contribution >= 4 is 17.3 Å². The molecule has 1 aromatic rings. The molecule has 3 N–H and O–H groups in total. The molecular formula is C7H7ClN2O. The summed E-state index contributed by atoms with van der Waals surface area (Å²) in [6, 6.07) is 1.51. The molecule has 11 heavy (non-hydrogen) atoms. The van der Waals surface area contributed by atoms with Crippen LogP contribution in [0.25, 0.3) is 5.70 Å². The van der Waals surface area contributed by atoms with Crippen LogP contribution >= 0.6 is 11.6 Å². The normalized spacial score (nSPS) is 9.55. The molecule has 4 heteroatoms. The Kier molecular flexibility index (Phi) is 2.01. The van der Waals surface area contributed by atoms with E-state index in [-0.39, 0.29) is 10.9 Å². The molecule has 0 aliphatic carbocycles. The molecular weight excluding hydrogens is 164 g/mol. The topological polar surface area (TPSA) is 59.1 Å². The summed E-state index contributed by atoms with van der Waals surface area (Å²) < 4.78 is 0. The summed E-state index contributed by atoms with van der Waals surface area (Å²) in [5, 5.41) is 9.09. The highest BCUT2D eigenvalue weighted by atomic mass is 35.5. The maximum Gasteiger partial charge on any atom is 0.230 e. The smallest absolute Gasteiger partial charge is 0.230 e. The number of hydrogen-bond acceptors (Lipinski definition) is 3. The van der Waals surface area contributed by atoms with Gasteiger partial charge in [-0.3, -0.25) is 0 Å². The van der Waals surface area contributed by atoms with Crippen molar-refractivity contribution in [2.45, 2.75) is 0 Å². The van der Waals surface area contributed by atoms with Gasteiger partial charge in [0.15, 0.2) is 0 Å². The molecule has 1 rings (SSSR count). The lowest BCUT2D eigenvalue weighted by atomic mass is 10.2. The van der Waals surface area contributed by atoms with Gasteiger partial charge < -0.3 is 10.8 Å². The summed E-state index contributed by atoms with van der Waals surface area (Å²) in [5.41, 5.74) is 6.35. The number of hydrogen-bond donors (Lipinski definition) is 2. The van der Waals surface area contributed by atoms with E-state index in [1.807, 2.05) is 0 Å². The van der Waals surface area contributed by atoms with Crippen molar-refractivity contribution in [1.82, 2.24) is 4.98 Å². The van der Waals surface area contributed by atoms with E-state index >= 15 is 0 Å². The predicted molar refractivity (Wildman–Crippen MR) is 44.1 cm³/mol. The number of rotatable bonds is 1. The zero-order valence-corrected chi connectivity index (χ0v) is 6.47.